The van der Waals surface area contributed by atoms with Gasteiger partial charge in [0, 0.05) is 11.8 Å². The Balaban J connectivity index is 2.01. The van der Waals surface area contributed by atoms with Gasteiger partial charge >= 0.3 is 0 Å². The van der Waals surface area contributed by atoms with Crippen LogP contribution >= 0.6 is 11.3 Å². The third-order valence-corrected chi connectivity index (χ3v) is 3.79. The van der Waals surface area contributed by atoms with Crippen molar-refractivity contribution in [3.63, 3.8) is 0 Å². The van der Waals surface area contributed by atoms with E-state index in [1.807, 2.05) is 13.0 Å². The Labute approximate surface area is 111 Å². The molecule has 0 atom stereocenters. The summed E-state index contributed by atoms with van der Waals surface area (Å²) in [7, 11) is 0. The maximum absolute atomic E-state index is 11.0. The molecule has 0 fully saturated rings. The van der Waals surface area contributed by atoms with Crippen LogP contribution in [0.15, 0.2) is 30.3 Å². The topological polar surface area (TPSA) is 42.0 Å². The number of nitrogens with zero attached hydrogens (tertiary/aromatic N) is 1. The molecule has 0 saturated heterocycles. The molecule has 0 radical (unpaired) electrons. The maximum atomic E-state index is 11.0. The van der Waals surface area contributed by atoms with E-state index in [-0.39, 0.29) is 5.91 Å². The lowest BCUT2D eigenvalue weighted by atomic mass is 10.1. The number of benzene rings is 1. The van der Waals surface area contributed by atoms with Crippen molar-refractivity contribution in [3.8, 4) is 0 Å². The average molecular weight is 260 g/mol. The standard InChI is InChI=1S/C14H16N2OS/c1-10-13(18-14(15-10)16-11(2)17)9-8-12-6-4-3-5-7-12/h3-7H,8-9H2,1-2H3,(H,15,16,17). The Morgan fingerprint density at radius 3 is 2.67 bits per heavy atom. The van der Waals surface area contributed by atoms with Crippen LogP contribution in [0.3, 0.4) is 0 Å². The van der Waals surface area contributed by atoms with Gasteiger partial charge in [0.1, 0.15) is 0 Å². The van der Waals surface area contributed by atoms with Crippen LogP contribution in [0.25, 0.3) is 0 Å². The molecule has 1 amide bonds. The smallest absolute Gasteiger partial charge is 0.223 e. The molecule has 4 heteroatoms. The second-order valence-corrected chi connectivity index (χ2v) is 5.28. The molecule has 1 aromatic heterocycles. The molecule has 3 nitrogen and oxygen atoms in total. The minimum atomic E-state index is -0.0710. The lowest BCUT2D eigenvalue weighted by molar-refractivity contribution is -0.114. The lowest BCUT2D eigenvalue weighted by Crippen LogP contribution is -2.04. The second-order valence-electron chi connectivity index (χ2n) is 4.19. The Kier molecular flexibility index (Phi) is 4.10. The molecule has 2 rings (SSSR count). The first-order valence-corrected chi connectivity index (χ1v) is 6.74. The molecule has 0 aliphatic heterocycles. The average Bonchev–Trinajstić information content (AvgIpc) is 2.67. The summed E-state index contributed by atoms with van der Waals surface area (Å²) in [5, 5.41) is 3.43. The first-order valence-electron chi connectivity index (χ1n) is 5.93. The van der Waals surface area contributed by atoms with Gasteiger partial charge in [-0.3, -0.25) is 4.79 Å². The van der Waals surface area contributed by atoms with Crippen LogP contribution in [-0.4, -0.2) is 10.9 Å². The summed E-state index contributed by atoms with van der Waals surface area (Å²) in [5.41, 5.74) is 2.34. The fourth-order valence-electron chi connectivity index (χ4n) is 1.77. The van der Waals surface area contributed by atoms with Gasteiger partial charge in [-0.05, 0) is 25.3 Å². The Bertz CT molecular complexity index is 534. The van der Waals surface area contributed by atoms with Gasteiger partial charge in [0.05, 0.1) is 5.69 Å². The summed E-state index contributed by atoms with van der Waals surface area (Å²) >= 11 is 1.56. The van der Waals surface area contributed by atoms with Crippen LogP contribution < -0.4 is 5.32 Å². The zero-order chi connectivity index (χ0) is 13.0. The van der Waals surface area contributed by atoms with E-state index in [0.717, 1.165) is 18.5 Å². The summed E-state index contributed by atoms with van der Waals surface area (Å²) in [4.78, 5) is 16.6. The highest BCUT2D eigenvalue weighted by molar-refractivity contribution is 7.15. The van der Waals surface area contributed by atoms with E-state index in [2.05, 4.69) is 34.6 Å². The highest BCUT2D eigenvalue weighted by atomic mass is 32.1. The van der Waals surface area contributed by atoms with Crippen LogP contribution in [0.4, 0.5) is 5.13 Å². The minimum Gasteiger partial charge on any atom is -0.302 e. The molecular formula is C14H16N2OS. The fourth-order valence-corrected chi connectivity index (χ4v) is 2.77. The van der Waals surface area contributed by atoms with Crippen LogP contribution in [0.2, 0.25) is 0 Å². The van der Waals surface area contributed by atoms with Crippen molar-refractivity contribution >= 4 is 22.4 Å². The SMILES string of the molecule is CC(=O)Nc1nc(C)c(CCc2ccccc2)s1. The van der Waals surface area contributed by atoms with E-state index in [1.54, 1.807) is 11.3 Å². The first kappa shape index (κ1) is 12.8. The third-order valence-electron chi connectivity index (χ3n) is 2.66. The summed E-state index contributed by atoms with van der Waals surface area (Å²) in [6.45, 7) is 3.49. The van der Waals surface area contributed by atoms with E-state index in [1.165, 1.54) is 17.4 Å². The molecule has 0 spiro atoms. The number of anilines is 1. The lowest BCUT2D eigenvalue weighted by Gasteiger charge is -1.99. The molecule has 94 valence electrons. The van der Waals surface area contributed by atoms with Crippen molar-refractivity contribution in [1.82, 2.24) is 4.98 Å². The molecular weight excluding hydrogens is 244 g/mol. The number of rotatable bonds is 4. The molecule has 2 aromatic rings. The molecule has 0 saturated carbocycles. The van der Waals surface area contributed by atoms with Gasteiger partial charge in [-0.1, -0.05) is 30.3 Å². The number of nitrogens with one attached hydrogen (secondary N) is 1. The predicted molar refractivity (Wildman–Crippen MR) is 75.0 cm³/mol. The number of amides is 1. The Morgan fingerprint density at radius 2 is 2.00 bits per heavy atom. The van der Waals surface area contributed by atoms with Crippen LogP contribution in [0.5, 0.6) is 0 Å². The van der Waals surface area contributed by atoms with E-state index >= 15 is 0 Å². The van der Waals surface area contributed by atoms with Gasteiger partial charge in [-0.2, -0.15) is 0 Å². The van der Waals surface area contributed by atoms with Gasteiger partial charge in [0.2, 0.25) is 5.91 Å². The quantitative estimate of drug-likeness (QED) is 0.917. The van der Waals surface area contributed by atoms with Crippen LogP contribution in [-0.2, 0) is 17.6 Å². The van der Waals surface area contributed by atoms with Crippen molar-refractivity contribution in [3.05, 3.63) is 46.5 Å². The Morgan fingerprint density at radius 1 is 1.28 bits per heavy atom. The monoisotopic (exact) mass is 260 g/mol. The number of carbonyl (C=O) groups is 1. The molecule has 1 N–H and O–H groups in total. The van der Waals surface area contributed by atoms with Gasteiger partial charge in [-0.25, -0.2) is 4.98 Å². The predicted octanol–water partition coefficient (Wildman–Crippen LogP) is 3.20. The maximum Gasteiger partial charge on any atom is 0.223 e. The molecule has 1 aromatic carbocycles. The molecule has 0 aliphatic rings. The molecule has 18 heavy (non-hydrogen) atoms. The Hall–Kier alpha value is -1.68. The normalized spacial score (nSPS) is 10.3. The van der Waals surface area contributed by atoms with Crippen molar-refractivity contribution in [2.45, 2.75) is 26.7 Å². The number of carbonyl (C=O) groups excluding carboxylic acids is 1. The number of aryl methyl sites for hydroxylation is 3. The highest BCUT2D eigenvalue weighted by Crippen LogP contribution is 2.24. The van der Waals surface area contributed by atoms with Gasteiger partial charge in [0.15, 0.2) is 5.13 Å². The van der Waals surface area contributed by atoms with Crippen molar-refractivity contribution in [1.29, 1.82) is 0 Å². The number of hydrogen-bond acceptors (Lipinski definition) is 3. The van der Waals surface area contributed by atoms with Crippen LogP contribution in [0, 0.1) is 6.92 Å². The fraction of sp³-hybridized carbons (Fsp3) is 0.286. The summed E-state index contributed by atoms with van der Waals surface area (Å²) in [6.07, 6.45) is 1.97. The molecule has 0 unspecified atom stereocenters. The van der Waals surface area contributed by atoms with E-state index in [4.69, 9.17) is 0 Å². The van der Waals surface area contributed by atoms with Gasteiger partial charge in [0.25, 0.3) is 0 Å². The molecule has 0 aliphatic carbocycles. The van der Waals surface area contributed by atoms with E-state index in [0.29, 0.717) is 5.13 Å². The van der Waals surface area contributed by atoms with Gasteiger partial charge < -0.3 is 5.32 Å². The summed E-state index contributed by atoms with van der Waals surface area (Å²) < 4.78 is 0. The van der Waals surface area contributed by atoms with E-state index < -0.39 is 0 Å². The zero-order valence-electron chi connectivity index (χ0n) is 10.6. The summed E-state index contributed by atoms with van der Waals surface area (Å²) in [5.74, 6) is -0.0710. The van der Waals surface area contributed by atoms with E-state index in [9.17, 15) is 4.79 Å². The van der Waals surface area contributed by atoms with Gasteiger partial charge in [-0.15, -0.1) is 11.3 Å². The van der Waals surface area contributed by atoms with Crippen molar-refractivity contribution in [2.75, 3.05) is 5.32 Å². The van der Waals surface area contributed by atoms with Crippen LogP contribution in [0.1, 0.15) is 23.1 Å². The number of hydrogen-bond donors (Lipinski definition) is 1. The third kappa shape index (κ3) is 3.40. The highest BCUT2D eigenvalue weighted by Gasteiger charge is 2.08. The minimum absolute atomic E-state index is 0.0710. The van der Waals surface area contributed by atoms with Crippen molar-refractivity contribution < 1.29 is 4.79 Å². The molecule has 1 heterocycles. The number of aromatic nitrogens is 1. The summed E-state index contributed by atoms with van der Waals surface area (Å²) in [6, 6.07) is 10.4. The molecule has 0 bridgehead atoms. The largest absolute Gasteiger partial charge is 0.302 e. The zero-order valence-corrected chi connectivity index (χ0v) is 11.4. The second kappa shape index (κ2) is 5.78. The van der Waals surface area contributed by atoms with Crippen molar-refractivity contribution in [2.24, 2.45) is 0 Å². The number of thiazole rings is 1. The first-order chi connectivity index (χ1) is 8.65.